The van der Waals surface area contributed by atoms with Crippen molar-refractivity contribution in [3.05, 3.63) is 89.8 Å². The third-order valence-electron chi connectivity index (χ3n) is 4.09. The van der Waals surface area contributed by atoms with Gasteiger partial charge in [-0.05, 0) is 30.2 Å². The second-order valence-electron chi connectivity index (χ2n) is 5.97. The van der Waals surface area contributed by atoms with Gasteiger partial charge in [-0.15, -0.1) is 11.3 Å². The molecule has 0 radical (unpaired) electrons. The molecule has 0 unspecified atom stereocenters. The molecule has 0 aliphatic carbocycles. The molecule has 0 saturated carbocycles. The van der Waals surface area contributed by atoms with Crippen LogP contribution in [-0.2, 0) is 0 Å². The van der Waals surface area contributed by atoms with Gasteiger partial charge in [0.25, 0.3) is 0 Å². The van der Waals surface area contributed by atoms with Crippen LogP contribution < -0.4 is 22.3 Å². The number of anilines is 2. The van der Waals surface area contributed by atoms with Crippen LogP contribution in [0.3, 0.4) is 0 Å². The number of halogens is 1. The minimum atomic E-state index is 0. The second kappa shape index (κ2) is 8.30. The van der Waals surface area contributed by atoms with Gasteiger partial charge in [0.05, 0.1) is 5.69 Å². The van der Waals surface area contributed by atoms with E-state index in [0.717, 1.165) is 22.1 Å². The molecule has 26 heavy (non-hydrogen) atoms. The van der Waals surface area contributed by atoms with Crippen LogP contribution in [0.25, 0.3) is 22.4 Å². The SMILES string of the molecule is Cc1ccc(Nc2nc(-c3ccc(-c4ccccc4)cc3)cs2)cc1.[Br-]. The van der Waals surface area contributed by atoms with Gasteiger partial charge in [-0.1, -0.05) is 72.3 Å². The van der Waals surface area contributed by atoms with E-state index < -0.39 is 0 Å². The molecule has 3 aromatic carbocycles. The topological polar surface area (TPSA) is 24.9 Å². The number of hydrogen-bond acceptors (Lipinski definition) is 3. The molecule has 4 aromatic rings. The summed E-state index contributed by atoms with van der Waals surface area (Å²) in [7, 11) is 0. The van der Waals surface area contributed by atoms with Crippen LogP contribution >= 0.6 is 11.3 Å². The lowest BCUT2D eigenvalue weighted by Crippen LogP contribution is -3.00. The number of nitrogens with zero attached hydrogens (tertiary/aromatic N) is 1. The molecular formula is C22H18BrN2S-. The van der Waals surface area contributed by atoms with Gasteiger partial charge in [0.2, 0.25) is 0 Å². The Morgan fingerprint density at radius 3 is 2.04 bits per heavy atom. The van der Waals surface area contributed by atoms with E-state index in [1.807, 2.05) is 6.07 Å². The number of benzene rings is 3. The van der Waals surface area contributed by atoms with Crippen LogP contribution in [0, 0.1) is 6.92 Å². The fourth-order valence-electron chi connectivity index (χ4n) is 2.69. The zero-order chi connectivity index (χ0) is 17.1. The van der Waals surface area contributed by atoms with Crippen LogP contribution in [0.2, 0.25) is 0 Å². The van der Waals surface area contributed by atoms with Crippen LogP contribution in [0.5, 0.6) is 0 Å². The van der Waals surface area contributed by atoms with Gasteiger partial charge in [-0.25, -0.2) is 4.98 Å². The normalized spacial score (nSPS) is 10.2. The Bertz CT molecular complexity index is 961. The van der Waals surface area contributed by atoms with E-state index in [2.05, 4.69) is 90.4 Å². The molecule has 0 fully saturated rings. The van der Waals surface area contributed by atoms with Crippen molar-refractivity contribution in [1.29, 1.82) is 0 Å². The molecule has 0 aliphatic rings. The quantitative estimate of drug-likeness (QED) is 0.544. The van der Waals surface area contributed by atoms with E-state index in [0.29, 0.717) is 0 Å². The van der Waals surface area contributed by atoms with Crippen molar-refractivity contribution in [2.24, 2.45) is 0 Å². The van der Waals surface area contributed by atoms with E-state index in [4.69, 9.17) is 4.98 Å². The molecule has 0 spiro atoms. The molecule has 4 rings (SSSR count). The first kappa shape index (κ1) is 18.4. The first-order valence-electron chi connectivity index (χ1n) is 8.23. The van der Waals surface area contributed by atoms with E-state index in [1.54, 1.807) is 11.3 Å². The molecule has 130 valence electrons. The molecule has 1 N–H and O–H groups in total. The first-order chi connectivity index (χ1) is 12.3. The number of hydrogen-bond donors (Lipinski definition) is 1. The van der Waals surface area contributed by atoms with Crippen molar-refractivity contribution in [1.82, 2.24) is 4.98 Å². The standard InChI is InChI=1S/C22H18N2S.BrH/c1-16-7-13-20(14-8-16)23-22-24-21(15-25-22)19-11-9-18(10-12-19)17-5-3-2-4-6-17;/h2-15H,1H3,(H,23,24);1H/p-1. The Morgan fingerprint density at radius 1 is 0.731 bits per heavy atom. The van der Waals surface area contributed by atoms with Crippen molar-refractivity contribution in [3.63, 3.8) is 0 Å². The van der Waals surface area contributed by atoms with Crippen LogP contribution in [0.15, 0.2) is 84.2 Å². The smallest absolute Gasteiger partial charge is 0.187 e. The van der Waals surface area contributed by atoms with Crippen LogP contribution in [0.4, 0.5) is 10.8 Å². The summed E-state index contributed by atoms with van der Waals surface area (Å²) < 4.78 is 0. The predicted molar refractivity (Wildman–Crippen MR) is 107 cm³/mol. The maximum atomic E-state index is 4.71. The Morgan fingerprint density at radius 2 is 1.35 bits per heavy atom. The third-order valence-corrected chi connectivity index (χ3v) is 4.85. The predicted octanol–water partition coefficient (Wildman–Crippen LogP) is 3.53. The van der Waals surface area contributed by atoms with Gasteiger partial charge in [0, 0.05) is 16.6 Å². The molecule has 0 aliphatic heterocycles. The van der Waals surface area contributed by atoms with Gasteiger partial charge in [-0.3, -0.25) is 0 Å². The van der Waals surface area contributed by atoms with E-state index in [1.165, 1.54) is 16.7 Å². The van der Waals surface area contributed by atoms with Crippen LogP contribution in [0.1, 0.15) is 5.56 Å². The number of thiazole rings is 1. The summed E-state index contributed by atoms with van der Waals surface area (Å²) in [5.74, 6) is 0. The highest BCUT2D eigenvalue weighted by atomic mass is 79.9. The Kier molecular flexibility index (Phi) is 5.86. The molecule has 4 heteroatoms. The second-order valence-corrected chi connectivity index (χ2v) is 6.83. The number of aryl methyl sites for hydroxylation is 1. The van der Waals surface area contributed by atoms with E-state index in [9.17, 15) is 0 Å². The summed E-state index contributed by atoms with van der Waals surface area (Å²) >= 11 is 1.62. The van der Waals surface area contributed by atoms with Crippen molar-refractivity contribution in [2.45, 2.75) is 6.92 Å². The third kappa shape index (κ3) is 4.21. The zero-order valence-electron chi connectivity index (χ0n) is 14.3. The monoisotopic (exact) mass is 421 g/mol. The summed E-state index contributed by atoms with van der Waals surface area (Å²) in [5, 5.41) is 6.37. The van der Waals surface area contributed by atoms with Gasteiger partial charge in [0.15, 0.2) is 5.13 Å². The lowest BCUT2D eigenvalue weighted by molar-refractivity contribution is -0.00000490. The summed E-state index contributed by atoms with van der Waals surface area (Å²) in [6, 6.07) is 27.3. The maximum Gasteiger partial charge on any atom is 0.187 e. The number of nitrogens with one attached hydrogen (secondary N) is 1. The summed E-state index contributed by atoms with van der Waals surface area (Å²) in [5.41, 5.74) is 6.90. The highest BCUT2D eigenvalue weighted by molar-refractivity contribution is 7.14. The average molecular weight is 422 g/mol. The average Bonchev–Trinajstić information content (AvgIpc) is 3.13. The Balaban J connectivity index is 0.00000196. The number of rotatable bonds is 4. The van der Waals surface area contributed by atoms with E-state index in [-0.39, 0.29) is 17.0 Å². The lowest BCUT2D eigenvalue weighted by atomic mass is 10.0. The molecule has 0 bridgehead atoms. The number of aromatic nitrogens is 1. The highest BCUT2D eigenvalue weighted by Gasteiger charge is 2.06. The van der Waals surface area contributed by atoms with Gasteiger partial charge in [-0.2, -0.15) is 0 Å². The summed E-state index contributed by atoms with van der Waals surface area (Å²) in [6.45, 7) is 2.09. The van der Waals surface area contributed by atoms with Crippen molar-refractivity contribution in [3.8, 4) is 22.4 Å². The molecular weight excluding hydrogens is 404 g/mol. The molecule has 0 amide bonds. The fourth-order valence-corrected chi connectivity index (χ4v) is 3.43. The highest BCUT2D eigenvalue weighted by Crippen LogP contribution is 2.29. The van der Waals surface area contributed by atoms with Gasteiger partial charge in [0.1, 0.15) is 0 Å². The minimum Gasteiger partial charge on any atom is -1.00 e. The van der Waals surface area contributed by atoms with Gasteiger partial charge >= 0.3 is 0 Å². The summed E-state index contributed by atoms with van der Waals surface area (Å²) in [6.07, 6.45) is 0. The zero-order valence-corrected chi connectivity index (χ0v) is 16.7. The van der Waals surface area contributed by atoms with Gasteiger partial charge < -0.3 is 22.3 Å². The summed E-state index contributed by atoms with van der Waals surface area (Å²) in [4.78, 5) is 4.71. The maximum absolute atomic E-state index is 4.71. The Hall–Kier alpha value is -2.43. The molecule has 0 atom stereocenters. The van der Waals surface area contributed by atoms with Crippen LogP contribution in [-0.4, -0.2) is 4.98 Å². The largest absolute Gasteiger partial charge is 1.00 e. The van der Waals surface area contributed by atoms with Crippen molar-refractivity contribution < 1.29 is 17.0 Å². The Labute approximate surface area is 168 Å². The lowest BCUT2D eigenvalue weighted by Gasteiger charge is -2.03. The van der Waals surface area contributed by atoms with E-state index >= 15 is 0 Å². The molecule has 1 heterocycles. The first-order valence-corrected chi connectivity index (χ1v) is 9.11. The molecule has 1 aromatic heterocycles. The molecule has 2 nitrogen and oxygen atoms in total. The van der Waals surface area contributed by atoms with Crippen molar-refractivity contribution >= 4 is 22.2 Å². The minimum absolute atomic E-state index is 0. The fraction of sp³-hybridized carbons (Fsp3) is 0.0455. The molecule has 0 saturated heterocycles. The van der Waals surface area contributed by atoms with Crippen molar-refractivity contribution in [2.75, 3.05) is 5.32 Å².